The van der Waals surface area contributed by atoms with Crippen molar-refractivity contribution in [1.82, 2.24) is 0 Å². The van der Waals surface area contributed by atoms with Gasteiger partial charge in [-0.15, -0.1) is 0 Å². The van der Waals surface area contributed by atoms with Crippen molar-refractivity contribution in [3.8, 4) is 33.4 Å². The summed E-state index contributed by atoms with van der Waals surface area (Å²) in [7, 11) is 0. The molecule has 0 spiro atoms. The maximum atomic E-state index is 2.45. The highest BCUT2D eigenvalue weighted by Crippen LogP contribution is 2.57. The summed E-state index contributed by atoms with van der Waals surface area (Å²) in [4.78, 5) is 0. The summed E-state index contributed by atoms with van der Waals surface area (Å²) in [5.41, 5.74) is 17.8. The van der Waals surface area contributed by atoms with Gasteiger partial charge in [0.2, 0.25) is 0 Å². The monoisotopic (exact) mass is 526 g/mol. The average Bonchev–Trinajstić information content (AvgIpc) is 3.28. The smallest absolute Gasteiger partial charge is 0.0622 e. The fourth-order valence-electron chi connectivity index (χ4n) is 6.91. The van der Waals surface area contributed by atoms with E-state index in [9.17, 15) is 0 Å². The normalized spacial score (nSPS) is 13.1. The van der Waals surface area contributed by atoms with Gasteiger partial charge >= 0.3 is 0 Å². The van der Waals surface area contributed by atoms with Gasteiger partial charge in [-0.1, -0.05) is 132 Å². The van der Waals surface area contributed by atoms with Gasteiger partial charge in [-0.2, -0.15) is 0 Å². The molecule has 0 heteroatoms. The van der Waals surface area contributed by atoms with Crippen LogP contribution in [0.2, 0.25) is 0 Å². The molecular formula is C41H34. The average molecular weight is 527 g/mol. The fourth-order valence-corrected chi connectivity index (χ4v) is 6.91. The molecule has 7 rings (SSSR count). The maximum Gasteiger partial charge on any atom is 0.0714 e. The Bertz CT molecular complexity index is 1770. The fraction of sp³-hybridized carbons (Fsp3) is 0.122. The quantitative estimate of drug-likeness (QED) is 0.214. The molecule has 6 aromatic rings. The molecule has 0 fully saturated rings. The molecule has 198 valence electrons. The Hall–Kier alpha value is -4.68. The summed E-state index contributed by atoms with van der Waals surface area (Å²) < 4.78 is 0. The first-order valence-electron chi connectivity index (χ1n) is 14.5. The van der Waals surface area contributed by atoms with Crippen LogP contribution in [0, 0.1) is 27.7 Å². The van der Waals surface area contributed by atoms with Crippen molar-refractivity contribution in [2.75, 3.05) is 0 Å². The summed E-state index contributed by atoms with van der Waals surface area (Å²) in [5, 5.41) is 0. The van der Waals surface area contributed by atoms with Crippen LogP contribution in [0.1, 0.15) is 44.5 Å². The molecule has 6 aromatic carbocycles. The molecule has 0 heterocycles. The molecule has 0 saturated heterocycles. The predicted molar refractivity (Wildman–Crippen MR) is 174 cm³/mol. The molecule has 1 aliphatic rings. The Morgan fingerprint density at radius 3 is 1.20 bits per heavy atom. The Labute approximate surface area is 244 Å². The third-order valence-electron chi connectivity index (χ3n) is 8.96. The molecule has 0 atom stereocenters. The van der Waals surface area contributed by atoms with Gasteiger partial charge in [0.25, 0.3) is 0 Å². The minimum absolute atomic E-state index is 0.447. The lowest BCUT2D eigenvalue weighted by molar-refractivity contribution is 0.766. The van der Waals surface area contributed by atoms with Crippen molar-refractivity contribution >= 4 is 0 Å². The first-order chi connectivity index (χ1) is 20.0. The Morgan fingerprint density at radius 1 is 0.366 bits per heavy atom. The van der Waals surface area contributed by atoms with Crippen LogP contribution in [0.4, 0.5) is 0 Å². The Balaban J connectivity index is 1.62. The number of rotatable bonds is 4. The van der Waals surface area contributed by atoms with Crippen molar-refractivity contribution in [2.45, 2.75) is 33.1 Å². The van der Waals surface area contributed by atoms with E-state index < -0.39 is 5.41 Å². The van der Waals surface area contributed by atoms with Gasteiger partial charge in [-0.25, -0.2) is 0 Å². The van der Waals surface area contributed by atoms with E-state index in [2.05, 4.69) is 161 Å². The summed E-state index contributed by atoms with van der Waals surface area (Å²) in [6, 6.07) is 49.9. The molecular weight excluding hydrogens is 492 g/mol. The topological polar surface area (TPSA) is 0 Å². The van der Waals surface area contributed by atoms with Crippen LogP contribution >= 0.6 is 0 Å². The minimum Gasteiger partial charge on any atom is -0.0622 e. The maximum absolute atomic E-state index is 2.45. The lowest BCUT2D eigenvalue weighted by Gasteiger charge is -2.35. The molecule has 0 unspecified atom stereocenters. The molecule has 0 aliphatic heterocycles. The first-order valence-corrected chi connectivity index (χ1v) is 14.5. The zero-order chi connectivity index (χ0) is 28.1. The molecule has 0 saturated carbocycles. The van der Waals surface area contributed by atoms with Crippen LogP contribution in [-0.4, -0.2) is 0 Å². The van der Waals surface area contributed by atoms with E-state index in [1.165, 1.54) is 77.9 Å². The first kappa shape index (κ1) is 25.3. The lowest BCUT2D eigenvalue weighted by atomic mass is 9.66. The van der Waals surface area contributed by atoms with Crippen molar-refractivity contribution in [3.05, 3.63) is 178 Å². The third kappa shape index (κ3) is 3.98. The second-order valence-corrected chi connectivity index (χ2v) is 11.6. The van der Waals surface area contributed by atoms with Gasteiger partial charge in [-0.05, 0) is 107 Å². The predicted octanol–water partition coefficient (Wildman–Crippen LogP) is 10.6. The van der Waals surface area contributed by atoms with E-state index in [1.807, 2.05) is 0 Å². The standard InChI is InChI=1S/C41H34/c1-27-15-21-35-36-22-16-28(2)24-40(36)41(39(35)23-27,33-19-17-29(3)37(25-33)31-11-7-5-8-12-31)34-20-18-30(4)38(26-34)32-13-9-6-10-14-32/h5-26H,1-4H3. The van der Waals surface area contributed by atoms with E-state index in [1.54, 1.807) is 0 Å². The second-order valence-electron chi connectivity index (χ2n) is 11.6. The Kier molecular flexibility index (Phi) is 6.02. The van der Waals surface area contributed by atoms with E-state index in [0.29, 0.717) is 0 Å². The van der Waals surface area contributed by atoms with Crippen LogP contribution in [0.25, 0.3) is 33.4 Å². The van der Waals surface area contributed by atoms with Crippen molar-refractivity contribution in [1.29, 1.82) is 0 Å². The van der Waals surface area contributed by atoms with E-state index in [4.69, 9.17) is 0 Å². The number of aryl methyl sites for hydroxylation is 4. The number of fused-ring (bicyclic) bond motifs is 3. The van der Waals surface area contributed by atoms with Crippen molar-refractivity contribution in [3.63, 3.8) is 0 Å². The van der Waals surface area contributed by atoms with Gasteiger partial charge < -0.3 is 0 Å². The Morgan fingerprint density at radius 2 is 0.780 bits per heavy atom. The zero-order valence-electron chi connectivity index (χ0n) is 24.2. The van der Waals surface area contributed by atoms with Crippen LogP contribution in [0.3, 0.4) is 0 Å². The highest BCUT2D eigenvalue weighted by molar-refractivity contribution is 5.88. The highest BCUT2D eigenvalue weighted by Gasteiger charge is 2.46. The number of hydrogen-bond donors (Lipinski definition) is 0. The molecule has 0 nitrogen and oxygen atoms in total. The van der Waals surface area contributed by atoms with Gasteiger partial charge in [0.15, 0.2) is 0 Å². The molecule has 0 aromatic heterocycles. The number of benzene rings is 6. The molecule has 0 N–H and O–H groups in total. The highest BCUT2D eigenvalue weighted by atomic mass is 14.5. The summed E-state index contributed by atoms with van der Waals surface area (Å²) in [6.45, 7) is 8.88. The molecule has 41 heavy (non-hydrogen) atoms. The largest absolute Gasteiger partial charge is 0.0714 e. The second kappa shape index (κ2) is 9.75. The van der Waals surface area contributed by atoms with E-state index in [0.717, 1.165) is 0 Å². The van der Waals surface area contributed by atoms with Crippen LogP contribution in [0.15, 0.2) is 133 Å². The summed E-state index contributed by atoms with van der Waals surface area (Å²) in [6.07, 6.45) is 0. The van der Waals surface area contributed by atoms with Crippen LogP contribution < -0.4 is 0 Å². The minimum atomic E-state index is -0.447. The van der Waals surface area contributed by atoms with E-state index >= 15 is 0 Å². The van der Waals surface area contributed by atoms with Crippen LogP contribution in [-0.2, 0) is 5.41 Å². The van der Waals surface area contributed by atoms with Gasteiger partial charge in [0, 0.05) is 0 Å². The summed E-state index contributed by atoms with van der Waals surface area (Å²) in [5.74, 6) is 0. The zero-order valence-corrected chi connectivity index (χ0v) is 24.2. The molecule has 1 aliphatic carbocycles. The molecule has 0 radical (unpaired) electrons. The SMILES string of the molecule is Cc1ccc2c(c1)C(c1ccc(C)c(-c3ccccc3)c1)(c1ccc(C)c(-c3ccccc3)c1)c1cc(C)ccc1-2. The summed E-state index contributed by atoms with van der Waals surface area (Å²) >= 11 is 0. The number of hydrogen-bond acceptors (Lipinski definition) is 0. The van der Waals surface area contributed by atoms with Crippen molar-refractivity contribution in [2.24, 2.45) is 0 Å². The van der Waals surface area contributed by atoms with Gasteiger partial charge in [0.1, 0.15) is 0 Å². The lowest BCUT2D eigenvalue weighted by Crippen LogP contribution is -2.29. The molecule has 0 amide bonds. The van der Waals surface area contributed by atoms with Gasteiger partial charge in [0.05, 0.1) is 5.41 Å². The van der Waals surface area contributed by atoms with Gasteiger partial charge in [-0.3, -0.25) is 0 Å². The molecule has 0 bridgehead atoms. The van der Waals surface area contributed by atoms with Crippen LogP contribution in [0.5, 0.6) is 0 Å². The van der Waals surface area contributed by atoms with Crippen molar-refractivity contribution < 1.29 is 0 Å². The third-order valence-corrected chi connectivity index (χ3v) is 8.96. The van der Waals surface area contributed by atoms with E-state index in [-0.39, 0.29) is 0 Å².